The van der Waals surface area contributed by atoms with Crippen LogP contribution in [0.25, 0.3) is 0 Å². The summed E-state index contributed by atoms with van der Waals surface area (Å²) < 4.78 is 61.6. The fourth-order valence-corrected chi connectivity index (χ4v) is 5.80. The minimum atomic E-state index is -3.91. The summed E-state index contributed by atoms with van der Waals surface area (Å²) in [6, 6.07) is 3.35. The molecule has 1 N–H and O–H groups in total. The number of hydrogen-bond donors (Lipinski definition) is 1. The van der Waals surface area contributed by atoms with Gasteiger partial charge >= 0.3 is 0 Å². The van der Waals surface area contributed by atoms with Gasteiger partial charge in [0.05, 0.1) is 27.8 Å². The van der Waals surface area contributed by atoms with Gasteiger partial charge in [0.25, 0.3) is 0 Å². The van der Waals surface area contributed by atoms with Crippen molar-refractivity contribution in [3.8, 4) is 0 Å². The average Bonchev–Trinajstić information content (AvgIpc) is 2.51. The van der Waals surface area contributed by atoms with Crippen molar-refractivity contribution in [1.82, 2.24) is 4.72 Å². The predicted octanol–water partition coefficient (Wildman–Crippen LogP) is 0.508. The van der Waals surface area contributed by atoms with Crippen molar-refractivity contribution in [2.75, 3.05) is 11.5 Å². The number of alkyl halides is 1. The first-order valence-electron chi connectivity index (χ1n) is 5.32. The summed E-state index contributed by atoms with van der Waals surface area (Å²) in [6.07, 6.45) is 0. The Kier molecular flexibility index (Phi) is 3.87. The maximum absolute atomic E-state index is 12.7. The molecule has 0 aromatic heterocycles. The van der Waals surface area contributed by atoms with Crippen molar-refractivity contribution in [2.24, 2.45) is 0 Å². The molecule has 5 nitrogen and oxygen atoms in total. The molecule has 0 unspecified atom stereocenters. The summed E-state index contributed by atoms with van der Waals surface area (Å²) in [4.78, 5) is -0.137. The van der Waals surface area contributed by atoms with Crippen LogP contribution in [0.15, 0.2) is 29.2 Å². The van der Waals surface area contributed by atoms with Gasteiger partial charge in [0, 0.05) is 0 Å². The lowest BCUT2D eigenvalue weighted by Crippen LogP contribution is -2.40. The Morgan fingerprint density at radius 3 is 2.26 bits per heavy atom. The smallest absolute Gasteiger partial charge is 0.229 e. The predicted molar refractivity (Wildman–Crippen MR) is 68.8 cm³/mol. The van der Waals surface area contributed by atoms with Gasteiger partial charge in [-0.2, -0.15) is 0 Å². The van der Waals surface area contributed by atoms with E-state index in [0.717, 1.165) is 24.3 Å². The highest BCUT2D eigenvalue weighted by molar-refractivity contribution is 7.92. The van der Waals surface area contributed by atoms with Crippen LogP contribution in [-0.4, -0.2) is 39.8 Å². The third kappa shape index (κ3) is 3.44. The summed E-state index contributed by atoms with van der Waals surface area (Å²) in [5.41, 5.74) is 0. The van der Waals surface area contributed by atoms with Crippen molar-refractivity contribution < 1.29 is 21.2 Å². The lowest BCUT2D eigenvalue weighted by molar-refractivity contribution is 0.563. The zero-order chi connectivity index (χ0) is 14.3. The van der Waals surface area contributed by atoms with Crippen LogP contribution >= 0.6 is 11.6 Å². The van der Waals surface area contributed by atoms with Crippen molar-refractivity contribution in [3.63, 3.8) is 0 Å². The van der Waals surface area contributed by atoms with Crippen LogP contribution < -0.4 is 4.72 Å². The first-order chi connectivity index (χ1) is 8.70. The van der Waals surface area contributed by atoms with E-state index in [1.54, 1.807) is 0 Å². The SMILES string of the molecule is O=S1(=O)C[C@@H](Cl)[C@@H](NS(=O)(=O)c2ccc(F)cc2)C1. The molecule has 0 radical (unpaired) electrons. The minimum Gasteiger partial charge on any atom is -0.229 e. The third-order valence-corrected chi connectivity index (χ3v) is 6.59. The van der Waals surface area contributed by atoms with Gasteiger partial charge in [-0.1, -0.05) is 0 Å². The molecule has 0 amide bonds. The van der Waals surface area contributed by atoms with Gasteiger partial charge in [-0.15, -0.1) is 11.6 Å². The zero-order valence-corrected chi connectivity index (χ0v) is 12.0. The highest BCUT2D eigenvalue weighted by atomic mass is 35.5. The zero-order valence-electron chi connectivity index (χ0n) is 9.58. The van der Waals surface area contributed by atoms with Crippen molar-refractivity contribution in [1.29, 1.82) is 0 Å². The molecule has 0 spiro atoms. The van der Waals surface area contributed by atoms with Crippen LogP contribution in [0, 0.1) is 5.82 Å². The molecule has 1 aromatic carbocycles. The number of sulfonamides is 1. The molecule has 19 heavy (non-hydrogen) atoms. The van der Waals surface area contributed by atoms with E-state index in [1.165, 1.54) is 0 Å². The molecule has 2 atom stereocenters. The van der Waals surface area contributed by atoms with Crippen LogP contribution in [0.3, 0.4) is 0 Å². The molecular formula is C10H11ClFNO4S2. The molecule has 1 aliphatic heterocycles. The molecule has 1 saturated heterocycles. The van der Waals surface area contributed by atoms with Crippen LogP contribution in [-0.2, 0) is 19.9 Å². The molecule has 2 rings (SSSR count). The number of sulfone groups is 1. The highest BCUT2D eigenvalue weighted by Gasteiger charge is 2.38. The maximum Gasteiger partial charge on any atom is 0.240 e. The van der Waals surface area contributed by atoms with Crippen molar-refractivity contribution >= 4 is 31.5 Å². The van der Waals surface area contributed by atoms with Gasteiger partial charge in [0.1, 0.15) is 5.82 Å². The number of halogens is 2. The van der Waals surface area contributed by atoms with E-state index >= 15 is 0 Å². The maximum atomic E-state index is 12.7. The Morgan fingerprint density at radius 2 is 1.79 bits per heavy atom. The van der Waals surface area contributed by atoms with Gasteiger partial charge in [-0.25, -0.2) is 25.9 Å². The quantitative estimate of drug-likeness (QED) is 0.820. The first-order valence-corrected chi connectivity index (χ1v) is 9.06. The molecule has 1 aromatic rings. The molecular weight excluding hydrogens is 317 g/mol. The van der Waals surface area contributed by atoms with Gasteiger partial charge < -0.3 is 0 Å². The van der Waals surface area contributed by atoms with Crippen molar-refractivity contribution in [2.45, 2.75) is 16.3 Å². The molecule has 1 aliphatic rings. The number of benzene rings is 1. The standard InChI is InChI=1S/C10H11ClFNO4S2/c11-9-5-18(14,15)6-10(9)13-19(16,17)8-3-1-7(12)2-4-8/h1-4,9-10,13H,5-6H2/t9-,10+/m1/s1. The van der Waals surface area contributed by atoms with Gasteiger partial charge in [-0.3, -0.25) is 0 Å². The van der Waals surface area contributed by atoms with E-state index in [0.29, 0.717) is 0 Å². The van der Waals surface area contributed by atoms with Gasteiger partial charge in [0.2, 0.25) is 10.0 Å². The lowest BCUT2D eigenvalue weighted by atomic mass is 10.3. The third-order valence-electron chi connectivity index (χ3n) is 2.71. The Morgan fingerprint density at radius 1 is 1.21 bits per heavy atom. The fourth-order valence-electron chi connectivity index (χ4n) is 1.79. The van der Waals surface area contributed by atoms with E-state index in [2.05, 4.69) is 4.72 Å². The second-order valence-electron chi connectivity index (χ2n) is 4.27. The van der Waals surface area contributed by atoms with Crippen molar-refractivity contribution in [3.05, 3.63) is 30.1 Å². The molecule has 106 valence electrons. The fraction of sp³-hybridized carbons (Fsp3) is 0.400. The summed E-state index contributed by atoms with van der Waals surface area (Å²) in [5, 5.41) is -0.805. The number of nitrogens with one attached hydrogen (secondary N) is 1. The topological polar surface area (TPSA) is 80.3 Å². The Labute approximate surface area is 115 Å². The molecule has 1 heterocycles. The second-order valence-corrected chi connectivity index (χ2v) is 8.70. The first kappa shape index (κ1) is 14.7. The number of hydrogen-bond acceptors (Lipinski definition) is 4. The lowest BCUT2D eigenvalue weighted by Gasteiger charge is -2.14. The largest absolute Gasteiger partial charge is 0.240 e. The monoisotopic (exact) mass is 327 g/mol. The summed E-state index contributed by atoms with van der Waals surface area (Å²) in [5.74, 6) is -1.15. The summed E-state index contributed by atoms with van der Waals surface area (Å²) in [6.45, 7) is 0. The minimum absolute atomic E-state index is 0.137. The van der Waals surface area contributed by atoms with E-state index in [-0.39, 0.29) is 16.4 Å². The Balaban J connectivity index is 2.21. The Hall–Kier alpha value is -0.700. The normalized spacial score (nSPS) is 26.4. The second kappa shape index (κ2) is 5.01. The van der Waals surface area contributed by atoms with E-state index in [1.807, 2.05) is 0 Å². The number of rotatable bonds is 3. The molecule has 0 bridgehead atoms. The average molecular weight is 328 g/mol. The van der Waals surface area contributed by atoms with Crippen LogP contribution in [0.1, 0.15) is 0 Å². The van der Waals surface area contributed by atoms with Crippen LogP contribution in [0.2, 0.25) is 0 Å². The summed E-state index contributed by atoms with van der Waals surface area (Å²) >= 11 is 5.82. The van der Waals surface area contributed by atoms with Gasteiger partial charge in [-0.05, 0) is 24.3 Å². The highest BCUT2D eigenvalue weighted by Crippen LogP contribution is 2.20. The summed E-state index contributed by atoms with van der Waals surface area (Å²) in [7, 11) is -7.23. The van der Waals surface area contributed by atoms with Crippen LogP contribution in [0.5, 0.6) is 0 Å². The van der Waals surface area contributed by atoms with E-state index in [4.69, 9.17) is 11.6 Å². The molecule has 1 fully saturated rings. The van der Waals surface area contributed by atoms with E-state index < -0.39 is 37.1 Å². The molecule has 0 saturated carbocycles. The Bertz CT molecular complexity index is 672. The van der Waals surface area contributed by atoms with Gasteiger partial charge in [0.15, 0.2) is 9.84 Å². The molecule has 0 aliphatic carbocycles. The van der Waals surface area contributed by atoms with Crippen LogP contribution in [0.4, 0.5) is 4.39 Å². The van der Waals surface area contributed by atoms with E-state index in [9.17, 15) is 21.2 Å². The molecule has 9 heteroatoms.